The van der Waals surface area contributed by atoms with Crippen LogP contribution in [0.4, 0.5) is 10.5 Å². The lowest BCUT2D eigenvalue weighted by Crippen LogP contribution is -2.43. The van der Waals surface area contributed by atoms with Crippen molar-refractivity contribution in [3.05, 3.63) is 29.8 Å². The molecule has 2 amide bonds. The Kier molecular flexibility index (Phi) is 4.76. The van der Waals surface area contributed by atoms with Crippen LogP contribution in [0.1, 0.15) is 18.5 Å². The zero-order valence-corrected chi connectivity index (χ0v) is 11.5. The Balaban J connectivity index is 1.93. The second kappa shape index (κ2) is 6.54. The van der Waals surface area contributed by atoms with E-state index >= 15 is 0 Å². The molecule has 19 heavy (non-hydrogen) atoms. The van der Waals surface area contributed by atoms with Crippen molar-refractivity contribution in [2.24, 2.45) is 0 Å². The molecule has 0 aliphatic carbocycles. The first-order chi connectivity index (χ1) is 9.20. The van der Waals surface area contributed by atoms with E-state index < -0.39 is 0 Å². The largest absolute Gasteiger partial charge is 0.378 e. The quantitative estimate of drug-likeness (QED) is 0.875. The van der Waals surface area contributed by atoms with Crippen molar-refractivity contribution in [3.63, 3.8) is 0 Å². The molecule has 1 aliphatic rings. The third-order valence-electron chi connectivity index (χ3n) is 3.39. The highest BCUT2D eigenvalue weighted by Crippen LogP contribution is 2.16. The summed E-state index contributed by atoms with van der Waals surface area (Å²) < 4.78 is 5.23. The van der Waals surface area contributed by atoms with Gasteiger partial charge in [-0.05, 0) is 31.7 Å². The average molecular weight is 263 g/mol. The SMILES string of the molecule is CNC(C)c1ccc(NC(=O)N2CCOCC2)cc1. The molecule has 1 atom stereocenters. The van der Waals surface area contributed by atoms with E-state index in [-0.39, 0.29) is 6.03 Å². The highest BCUT2D eigenvalue weighted by molar-refractivity contribution is 5.89. The van der Waals surface area contributed by atoms with Gasteiger partial charge in [0.05, 0.1) is 13.2 Å². The van der Waals surface area contributed by atoms with E-state index in [0.29, 0.717) is 32.3 Å². The fourth-order valence-electron chi connectivity index (χ4n) is 1.99. The molecule has 5 nitrogen and oxygen atoms in total. The molecule has 0 spiro atoms. The van der Waals surface area contributed by atoms with Crippen molar-refractivity contribution in [2.45, 2.75) is 13.0 Å². The lowest BCUT2D eigenvalue weighted by atomic mass is 10.1. The van der Waals surface area contributed by atoms with Gasteiger partial charge in [-0.25, -0.2) is 4.79 Å². The summed E-state index contributed by atoms with van der Waals surface area (Å²) in [5.41, 5.74) is 2.02. The normalized spacial score (nSPS) is 17.1. The van der Waals surface area contributed by atoms with Gasteiger partial charge in [0.2, 0.25) is 0 Å². The lowest BCUT2D eigenvalue weighted by molar-refractivity contribution is 0.0564. The van der Waals surface area contributed by atoms with Crippen LogP contribution in [0.5, 0.6) is 0 Å². The third kappa shape index (κ3) is 3.68. The van der Waals surface area contributed by atoms with Crippen LogP contribution in [0.25, 0.3) is 0 Å². The topological polar surface area (TPSA) is 53.6 Å². The Morgan fingerprint density at radius 2 is 1.89 bits per heavy atom. The van der Waals surface area contributed by atoms with Crippen LogP contribution >= 0.6 is 0 Å². The zero-order valence-electron chi connectivity index (χ0n) is 11.5. The van der Waals surface area contributed by atoms with Gasteiger partial charge in [-0.3, -0.25) is 0 Å². The van der Waals surface area contributed by atoms with Crippen molar-refractivity contribution in [1.29, 1.82) is 0 Å². The predicted molar refractivity (Wildman–Crippen MR) is 75.3 cm³/mol. The molecule has 1 fully saturated rings. The van der Waals surface area contributed by atoms with Gasteiger partial charge in [0.25, 0.3) is 0 Å². The Morgan fingerprint density at radius 3 is 2.47 bits per heavy atom. The van der Waals surface area contributed by atoms with E-state index in [1.54, 1.807) is 4.90 Å². The number of morpholine rings is 1. The molecule has 1 unspecified atom stereocenters. The standard InChI is InChI=1S/C14H21N3O2/c1-11(15-2)12-3-5-13(6-4-12)16-14(18)17-7-9-19-10-8-17/h3-6,11,15H,7-10H2,1-2H3,(H,16,18). The maximum absolute atomic E-state index is 12.0. The molecule has 0 aromatic heterocycles. The van der Waals surface area contributed by atoms with Gasteiger partial charge < -0.3 is 20.3 Å². The average Bonchev–Trinajstić information content (AvgIpc) is 2.48. The number of rotatable bonds is 3. The van der Waals surface area contributed by atoms with Crippen molar-refractivity contribution >= 4 is 11.7 Å². The van der Waals surface area contributed by atoms with Crippen molar-refractivity contribution in [2.75, 3.05) is 38.7 Å². The van der Waals surface area contributed by atoms with Crippen LogP contribution in [-0.2, 0) is 4.74 Å². The predicted octanol–water partition coefficient (Wildman–Crippen LogP) is 1.83. The molecule has 1 heterocycles. The number of anilines is 1. The summed E-state index contributed by atoms with van der Waals surface area (Å²) in [7, 11) is 1.93. The number of carbonyl (C=O) groups excluding carboxylic acids is 1. The second-order valence-corrected chi connectivity index (χ2v) is 4.66. The fraction of sp³-hybridized carbons (Fsp3) is 0.500. The number of amides is 2. The van der Waals surface area contributed by atoms with Crippen molar-refractivity contribution in [1.82, 2.24) is 10.2 Å². The molecule has 0 bridgehead atoms. The minimum Gasteiger partial charge on any atom is -0.378 e. The first-order valence-corrected chi connectivity index (χ1v) is 6.61. The van der Waals surface area contributed by atoms with Gasteiger partial charge in [-0.2, -0.15) is 0 Å². The zero-order chi connectivity index (χ0) is 13.7. The number of nitrogens with zero attached hydrogens (tertiary/aromatic N) is 1. The van der Waals surface area contributed by atoms with Crippen molar-refractivity contribution in [3.8, 4) is 0 Å². The molecular weight excluding hydrogens is 242 g/mol. The number of hydrogen-bond donors (Lipinski definition) is 2. The maximum atomic E-state index is 12.0. The third-order valence-corrected chi connectivity index (χ3v) is 3.39. The highest BCUT2D eigenvalue weighted by atomic mass is 16.5. The summed E-state index contributed by atoms with van der Waals surface area (Å²) in [6.07, 6.45) is 0. The Hall–Kier alpha value is -1.59. The first-order valence-electron chi connectivity index (χ1n) is 6.61. The smallest absolute Gasteiger partial charge is 0.321 e. The number of carbonyl (C=O) groups is 1. The molecule has 1 aliphatic heterocycles. The number of urea groups is 1. The molecule has 2 rings (SSSR count). The van der Waals surface area contributed by atoms with Crippen LogP contribution in [0.2, 0.25) is 0 Å². The molecule has 5 heteroatoms. The summed E-state index contributed by atoms with van der Waals surface area (Å²) >= 11 is 0. The van der Waals surface area contributed by atoms with Gasteiger partial charge in [0.15, 0.2) is 0 Å². The first kappa shape index (κ1) is 13.8. The summed E-state index contributed by atoms with van der Waals surface area (Å²) in [5.74, 6) is 0. The Bertz CT molecular complexity index is 413. The maximum Gasteiger partial charge on any atom is 0.321 e. The van der Waals surface area contributed by atoms with Gasteiger partial charge in [-0.1, -0.05) is 12.1 Å². The molecule has 1 aromatic carbocycles. The number of hydrogen-bond acceptors (Lipinski definition) is 3. The molecule has 1 saturated heterocycles. The van der Waals surface area contributed by atoms with Gasteiger partial charge in [0.1, 0.15) is 0 Å². The summed E-state index contributed by atoms with van der Waals surface area (Å²) in [5, 5.41) is 6.09. The van der Waals surface area contributed by atoms with Crippen LogP contribution in [0, 0.1) is 0 Å². The van der Waals surface area contributed by atoms with E-state index in [2.05, 4.69) is 17.6 Å². The van der Waals surface area contributed by atoms with E-state index in [4.69, 9.17) is 4.74 Å². The summed E-state index contributed by atoms with van der Waals surface area (Å²) in [6.45, 7) is 4.64. The van der Waals surface area contributed by atoms with Crippen LogP contribution < -0.4 is 10.6 Å². The van der Waals surface area contributed by atoms with Crippen LogP contribution in [0.15, 0.2) is 24.3 Å². The monoisotopic (exact) mass is 263 g/mol. The number of benzene rings is 1. The van der Waals surface area contributed by atoms with E-state index in [1.807, 2.05) is 31.3 Å². The van der Waals surface area contributed by atoms with E-state index in [1.165, 1.54) is 5.56 Å². The minimum absolute atomic E-state index is 0.0577. The second-order valence-electron chi connectivity index (χ2n) is 4.66. The van der Waals surface area contributed by atoms with Gasteiger partial charge in [0, 0.05) is 24.8 Å². The van der Waals surface area contributed by atoms with Crippen molar-refractivity contribution < 1.29 is 9.53 Å². The van der Waals surface area contributed by atoms with E-state index in [9.17, 15) is 4.79 Å². The molecule has 0 saturated carbocycles. The molecule has 104 valence electrons. The molecule has 1 aromatic rings. The molecular formula is C14H21N3O2. The summed E-state index contributed by atoms with van der Waals surface area (Å²) in [4.78, 5) is 13.8. The number of ether oxygens (including phenoxy) is 1. The number of nitrogens with one attached hydrogen (secondary N) is 2. The molecule has 0 radical (unpaired) electrons. The molecule has 2 N–H and O–H groups in total. The Morgan fingerprint density at radius 1 is 1.26 bits per heavy atom. The van der Waals surface area contributed by atoms with Crippen LogP contribution in [-0.4, -0.2) is 44.3 Å². The fourth-order valence-corrected chi connectivity index (χ4v) is 1.99. The lowest BCUT2D eigenvalue weighted by Gasteiger charge is -2.27. The highest BCUT2D eigenvalue weighted by Gasteiger charge is 2.16. The minimum atomic E-state index is -0.0577. The van der Waals surface area contributed by atoms with Gasteiger partial charge >= 0.3 is 6.03 Å². The summed E-state index contributed by atoms with van der Waals surface area (Å²) in [6, 6.07) is 8.16. The Labute approximate surface area is 113 Å². The van der Waals surface area contributed by atoms with Gasteiger partial charge in [-0.15, -0.1) is 0 Å². The van der Waals surface area contributed by atoms with Crippen LogP contribution in [0.3, 0.4) is 0 Å². The van der Waals surface area contributed by atoms with E-state index in [0.717, 1.165) is 5.69 Å².